The van der Waals surface area contributed by atoms with Gasteiger partial charge in [0.25, 0.3) is 0 Å². The van der Waals surface area contributed by atoms with Crippen molar-refractivity contribution in [3.8, 4) is 11.5 Å². The van der Waals surface area contributed by atoms with Gasteiger partial charge in [-0.25, -0.2) is 0 Å². The average molecular weight is 266 g/mol. The lowest BCUT2D eigenvalue weighted by atomic mass is 9.87. The van der Waals surface area contributed by atoms with Crippen LogP contribution >= 0.6 is 0 Å². The van der Waals surface area contributed by atoms with Crippen molar-refractivity contribution in [1.82, 2.24) is 0 Å². The van der Waals surface area contributed by atoms with E-state index in [-0.39, 0.29) is 0 Å². The first-order chi connectivity index (χ1) is 9.13. The largest absolute Gasteiger partial charge is 0.497 e. The molecule has 0 radical (unpaired) electrons. The summed E-state index contributed by atoms with van der Waals surface area (Å²) >= 11 is 0. The summed E-state index contributed by atoms with van der Waals surface area (Å²) in [7, 11) is 3.10. The molecule has 1 fully saturated rings. The fourth-order valence-corrected chi connectivity index (χ4v) is 2.16. The van der Waals surface area contributed by atoms with E-state index in [2.05, 4.69) is 0 Å². The molecule has 1 aromatic rings. The predicted octanol–water partition coefficient (Wildman–Crippen LogP) is 1.91. The number of hydrogen-bond donors (Lipinski definition) is 1. The molecule has 19 heavy (non-hydrogen) atoms. The van der Waals surface area contributed by atoms with E-state index < -0.39 is 11.9 Å². The van der Waals surface area contributed by atoms with E-state index in [1.165, 1.54) is 0 Å². The number of benzene rings is 1. The van der Waals surface area contributed by atoms with Crippen molar-refractivity contribution in [2.24, 2.45) is 5.92 Å². The molecular weight excluding hydrogens is 248 g/mol. The average Bonchev–Trinajstić information content (AvgIpc) is 2.36. The molecule has 0 amide bonds. The summed E-state index contributed by atoms with van der Waals surface area (Å²) in [6.07, 6.45) is 0.575. The van der Waals surface area contributed by atoms with Crippen molar-refractivity contribution in [1.29, 1.82) is 0 Å². The molecule has 1 heterocycles. The normalized spacial score (nSPS) is 16.5. The zero-order valence-corrected chi connectivity index (χ0v) is 11.1. The van der Waals surface area contributed by atoms with Gasteiger partial charge in [-0.3, -0.25) is 4.79 Å². The Morgan fingerprint density at radius 1 is 1.32 bits per heavy atom. The first-order valence-corrected chi connectivity index (χ1v) is 6.17. The molecule has 1 aliphatic rings. The van der Waals surface area contributed by atoms with E-state index in [1.807, 2.05) is 0 Å². The lowest BCUT2D eigenvalue weighted by Gasteiger charge is -2.28. The van der Waals surface area contributed by atoms with E-state index in [0.717, 1.165) is 0 Å². The minimum Gasteiger partial charge on any atom is -0.497 e. The number of hydrogen-bond acceptors (Lipinski definition) is 4. The first kappa shape index (κ1) is 13.7. The maximum atomic E-state index is 11.5. The molecule has 5 nitrogen and oxygen atoms in total. The topological polar surface area (TPSA) is 65.0 Å². The van der Waals surface area contributed by atoms with Crippen molar-refractivity contribution in [2.45, 2.75) is 12.3 Å². The third kappa shape index (κ3) is 3.17. The van der Waals surface area contributed by atoms with Crippen molar-refractivity contribution in [3.05, 3.63) is 23.8 Å². The fraction of sp³-hybridized carbons (Fsp3) is 0.500. The van der Waals surface area contributed by atoms with E-state index in [0.29, 0.717) is 42.6 Å². The zero-order valence-electron chi connectivity index (χ0n) is 11.1. The van der Waals surface area contributed by atoms with Crippen LogP contribution in [0.25, 0.3) is 0 Å². The van der Waals surface area contributed by atoms with Gasteiger partial charge in [-0.15, -0.1) is 0 Å². The Labute approximate surface area is 112 Å². The monoisotopic (exact) mass is 266 g/mol. The Hall–Kier alpha value is -1.75. The van der Waals surface area contributed by atoms with Crippen LogP contribution in [0.2, 0.25) is 0 Å². The van der Waals surface area contributed by atoms with Crippen molar-refractivity contribution in [3.63, 3.8) is 0 Å². The van der Waals surface area contributed by atoms with Gasteiger partial charge in [0.1, 0.15) is 11.5 Å². The summed E-state index contributed by atoms with van der Waals surface area (Å²) in [5, 5.41) is 9.40. The summed E-state index contributed by atoms with van der Waals surface area (Å²) in [5.74, 6) is 0.134. The molecule has 1 N–H and O–H groups in total. The quantitative estimate of drug-likeness (QED) is 0.852. The smallest absolute Gasteiger partial charge is 0.310 e. The van der Waals surface area contributed by atoms with Crippen molar-refractivity contribution < 1.29 is 24.1 Å². The van der Waals surface area contributed by atoms with E-state index >= 15 is 0 Å². The lowest BCUT2D eigenvalue weighted by molar-refractivity contribution is -0.140. The van der Waals surface area contributed by atoms with Crippen molar-refractivity contribution in [2.75, 3.05) is 27.4 Å². The zero-order chi connectivity index (χ0) is 13.8. The molecule has 0 spiro atoms. The van der Waals surface area contributed by atoms with Gasteiger partial charge in [0.05, 0.1) is 33.4 Å². The molecule has 1 aliphatic heterocycles. The Morgan fingerprint density at radius 2 is 1.89 bits per heavy atom. The number of carboxylic acid groups (broad SMARTS) is 1. The Bertz CT molecular complexity index is 431. The number of carbonyl (C=O) groups is 1. The molecule has 1 atom stereocenters. The van der Waals surface area contributed by atoms with Gasteiger partial charge in [-0.05, 0) is 24.1 Å². The summed E-state index contributed by atoms with van der Waals surface area (Å²) < 4.78 is 15.4. The maximum Gasteiger partial charge on any atom is 0.310 e. The number of carboxylic acids is 1. The number of methoxy groups -OCH3 is 2. The van der Waals surface area contributed by atoms with Crippen LogP contribution in [-0.2, 0) is 9.53 Å². The van der Waals surface area contributed by atoms with Crippen LogP contribution in [0.1, 0.15) is 17.9 Å². The van der Waals surface area contributed by atoms with Gasteiger partial charge in [0.15, 0.2) is 0 Å². The molecule has 0 saturated carbocycles. The minimum absolute atomic E-state index is 0.318. The van der Waals surface area contributed by atoms with Crippen LogP contribution in [0.3, 0.4) is 0 Å². The van der Waals surface area contributed by atoms with Crippen LogP contribution in [0.4, 0.5) is 0 Å². The molecule has 1 saturated heterocycles. The number of aliphatic carboxylic acids is 1. The highest BCUT2D eigenvalue weighted by molar-refractivity contribution is 5.76. The summed E-state index contributed by atoms with van der Waals surface area (Å²) in [6, 6.07) is 5.23. The van der Waals surface area contributed by atoms with Crippen LogP contribution in [0.15, 0.2) is 18.2 Å². The Kier molecular flexibility index (Phi) is 4.27. The third-order valence-corrected chi connectivity index (χ3v) is 3.35. The summed E-state index contributed by atoms with van der Waals surface area (Å²) in [5.41, 5.74) is 0.704. The number of rotatable bonds is 6. The van der Waals surface area contributed by atoms with Crippen LogP contribution in [0, 0.1) is 5.92 Å². The molecular formula is C14H18O5. The highest BCUT2D eigenvalue weighted by atomic mass is 16.5. The first-order valence-electron chi connectivity index (χ1n) is 6.17. The Balaban J connectivity index is 2.26. The standard InChI is InChI=1S/C14H18O5/c1-17-11-4-10(5-12(6-11)18-2)13(14(15)16)3-9-7-19-8-9/h4-6,9,13H,3,7-8H2,1-2H3,(H,15,16). The Morgan fingerprint density at radius 3 is 2.26 bits per heavy atom. The van der Waals surface area contributed by atoms with Gasteiger partial charge in [0, 0.05) is 12.0 Å². The molecule has 2 rings (SSSR count). The van der Waals surface area contributed by atoms with Crippen molar-refractivity contribution >= 4 is 5.97 Å². The second kappa shape index (κ2) is 5.93. The third-order valence-electron chi connectivity index (χ3n) is 3.35. The molecule has 0 aliphatic carbocycles. The highest BCUT2D eigenvalue weighted by Gasteiger charge is 2.29. The van der Waals surface area contributed by atoms with Crippen LogP contribution < -0.4 is 9.47 Å². The second-order valence-electron chi connectivity index (χ2n) is 4.68. The minimum atomic E-state index is -0.831. The van der Waals surface area contributed by atoms with E-state index in [4.69, 9.17) is 14.2 Å². The molecule has 0 aromatic heterocycles. The van der Waals surface area contributed by atoms with Gasteiger partial charge >= 0.3 is 5.97 Å². The van der Waals surface area contributed by atoms with Gasteiger partial charge in [0.2, 0.25) is 0 Å². The molecule has 5 heteroatoms. The van der Waals surface area contributed by atoms with E-state index in [1.54, 1.807) is 32.4 Å². The molecule has 1 aromatic carbocycles. The number of ether oxygens (including phenoxy) is 3. The predicted molar refractivity (Wildman–Crippen MR) is 68.8 cm³/mol. The maximum absolute atomic E-state index is 11.5. The summed E-state index contributed by atoms with van der Waals surface area (Å²) in [6.45, 7) is 1.29. The summed E-state index contributed by atoms with van der Waals surface area (Å²) in [4.78, 5) is 11.5. The van der Waals surface area contributed by atoms with E-state index in [9.17, 15) is 9.90 Å². The lowest BCUT2D eigenvalue weighted by Crippen LogP contribution is -2.30. The molecule has 104 valence electrons. The van der Waals surface area contributed by atoms with Gasteiger partial charge in [-0.1, -0.05) is 0 Å². The second-order valence-corrected chi connectivity index (χ2v) is 4.68. The van der Waals surface area contributed by atoms with Gasteiger partial charge in [-0.2, -0.15) is 0 Å². The van der Waals surface area contributed by atoms with Crippen LogP contribution in [0.5, 0.6) is 11.5 Å². The molecule has 0 bridgehead atoms. The molecule has 1 unspecified atom stereocenters. The van der Waals surface area contributed by atoms with Crippen LogP contribution in [-0.4, -0.2) is 38.5 Å². The van der Waals surface area contributed by atoms with Gasteiger partial charge < -0.3 is 19.3 Å². The SMILES string of the molecule is COc1cc(OC)cc(C(CC2COC2)C(=O)O)c1. The highest BCUT2D eigenvalue weighted by Crippen LogP contribution is 2.32. The fourth-order valence-electron chi connectivity index (χ4n) is 2.16.